The number of anilines is 1. The fourth-order valence-electron chi connectivity index (χ4n) is 2.06. The Morgan fingerprint density at radius 2 is 2.17 bits per heavy atom. The van der Waals surface area contributed by atoms with E-state index in [2.05, 4.69) is 29.6 Å². The van der Waals surface area contributed by atoms with Crippen LogP contribution in [0.1, 0.15) is 24.8 Å². The first-order valence-electron chi connectivity index (χ1n) is 6.78. The van der Waals surface area contributed by atoms with Crippen molar-refractivity contribution < 1.29 is 9.47 Å². The highest BCUT2D eigenvalue weighted by Gasteiger charge is 2.16. The molecule has 3 nitrogen and oxygen atoms in total. The number of methoxy groups -OCH3 is 1. The molecule has 18 heavy (non-hydrogen) atoms. The maximum Gasteiger partial charge on any atom is 0.0718 e. The summed E-state index contributed by atoms with van der Waals surface area (Å²) in [4.78, 5) is 0. The standard InChI is InChI=1S/C15H23NO2/c1-17-8-9-18-12-14-6-3-7-15(10-14)16-11-13-4-2-5-13/h3,6-7,10,13,16H,2,4-5,8-9,11-12H2,1H3. The van der Waals surface area contributed by atoms with Crippen molar-refractivity contribution in [1.82, 2.24) is 0 Å². The molecule has 0 atom stereocenters. The Morgan fingerprint density at radius 3 is 2.89 bits per heavy atom. The van der Waals surface area contributed by atoms with Crippen LogP contribution in [0.2, 0.25) is 0 Å². The summed E-state index contributed by atoms with van der Waals surface area (Å²) in [6.07, 6.45) is 4.17. The average molecular weight is 249 g/mol. The van der Waals surface area contributed by atoms with E-state index >= 15 is 0 Å². The highest BCUT2D eigenvalue weighted by molar-refractivity contribution is 5.45. The van der Waals surface area contributed by atoms with Crippen LogP contribution in [0.3, 0.4) is 0 Å². The first kappa shape index (κ1) is 13.4. The van der Waals surface area contributed by atoms with E-state index in [1.807, 2.05) is 0 Å². The van der Waals surface area contributed by atoms with Crippen molar-refractivity contribution in [2.45, 2.75) is 25.9 Å². The Bertz CT molecular complexity index is 350. The molecule has 0 unspecified atom stereocenters. The summed E-state index contributed by atoms with van der Waals surface area (Å²) >= 11 is 0. The van der Waals surface area contributed by atoms with Crippen LogP contribution in [0.15, 0.2) is 24.3 Å². The topological polar surface area (TPSA) is 30.5 Å². The van der Waals surface area contributed by atoms with Crippen LogP contribution in [-0.4, -0.2) is 26.9 Å². The summed E-state index contributed by atoms with van der Waals surface area (Å²) in [5, 5.41) is 3.51. The van der Waals surface area contributed by atoms with Crippen molar-refractivity contribution in [3.8, 4) is 0 Å². The van der Waals surface area contributed by atoms with E-state index < -0.39 is 0 Å². The molecule has 0 bridgehead atoms. The van der Waals surface area contributed by atoms with Gasteiger partial charge in [-0.3, -0.25) is 0 Å². The lowest BCUT2D eigenvalue weighted by molar-refractivity contribution is 0.0617. The maximum atomic E-state index is 5.52. The highest BCUT2D eigenvalue weighted by Crippen LogP contribution is 2.26. The zero-order chi connectivity index (χ0) is 12.6. The molecule has 100 valence electrons. The Balaban J connectivity index is 1.73. The highest BCUT2D eigenvalue weighted by atomic mass is 16.5. The van der Waals surface area contributed by atoms with Gasteiger partial charge in [0.1, 0.15) is 0 Å². The van der Waals surface area contributed by atoms with Gasteiger partial charge < -0.3 is 14.8 Å². The Hall–Kier alpha value is -1.06. The van der Waals surface area contributed by atoms with Crippen molar-refractivity contribution in [2.24, 2.45) is 5.92 Å². The van der Waals surface area contributed by atoms with Crippen LogP contribution >= 0.6 is 0 Å². The Kier molecular flexibility index (Phi) is 5.49. The first-order valence-corrected chi connectivity index (χ1v) is 6.78. The second kappa shape index (κ2) is 7.39. The molecule has 0 amide bonds. The number of ether oxygens (including phenoxy) is 2. The lowest BCUT2D eigenvalue weighted by Crippen LogP contribution is -2.20. The van der Waals surface area contributed by atoms with Gasteiger partial charge in [0.2, 0.25) is 0 Å². The first-order chi connectivity index (χ1) is 8.88. The zero-order valence-corrected chi connectivity index (χ0v) is 11.2. The molecule has 1 aliphatic rings. The molecule has 0 aromatic heterocycles. The van der Waals surface area contributed by atoms with Crippen LogP contribution in [0.25, 0.3) is 0 Å². The van der Waals surface area contributed by atoms with E-state index in [4.69, 9.17) is 9.47 Å². The largest absolute Gasteiger partial charge is 0.385 e. The van der Waals surface area contributed by atoms with E-state index in [1.165, 1.54) is 30.5 Å². The summed E-state index contributed by atoms with van der Waals surface area (Å²) in [7, 11) is 1.69. The summed E-state index contributed by atoms with van der Waals surface area (Å²) < 4.78 is 10.5. The van der Waals surface area contributed by atoms with Gasteiger partial charge in [-0.25, -0.2) is 0 Å². The SMILES string of the molecule is COCCOCc1cccc(NCC2CCC2)c1. The van der Waals surface area contributed by atoms with Gasteiger partial charge in [-0.2, -0.15) is 0 Å². The molecule has 1 fully saturated rings. The Labute approximate surface area is 109 Å². The molecule has 3 heteroatoms. The fourth-order valence-corrected chi connectivity index (χ4v) is 2.06. The van der Waals surface area contributed by atoms with Crippen molar-refractivity contribution in [3.05, 3.63) is 29.8 Å². The molecule has 1 aliphatic carbocycles. The van der Waals surface area contributed by atoms with Gasteiger partial charge in [-0.05, 0) is 36.5 Å². The second-order valence-electron chi connectivity index (χ2n) is 4.92. The van der Waals surface area contributed by atoms with Crippen LogP contribution < -0.4 is 5.32 Å². The van der Waals surface area contributed by atoms with Crippen molar-refractivity contribution in [3.63, 3.8) is 0 Å². The monoisotopic (exact) mass is 249 g/mol. The molecule has 1 aromatic carbocycles. The van der Waals surface area contributed by atoms with Crippen LogP contribution in [0, 0.1) is 5.92 Å². The summed E-state index contributed by atoms with van der Waals surface area (Å²) in [6.45, 7) is 3.06. The lowest BCUT2D eigenvalue weighted by Gasteiger charge is -2.25. The third-order valence-corrected chi connectivity index (χ3v) is 3.45. The van der Waals surface area contributed by atoms with E-state index in [0.29, 0.717) is 19.8 Å². The van der Waals surface area contributed by atoms with Gasteiger partial charge >= 0.3 is 0 Å². The predicted molar refractivity (Wildman–Crippen MR) is 73.8 cm³/mol. The van der Waals surface area contributed by atoms with Gasteiger partial charge in [0.05, 0.1) is 19.8 Å². The fraction of sp³-hybridized carbons (Fsp3) is 0.600. The van der Waals surface area contributed by atoms with Gasteiger partial charge in [-0.15, -0.1) is 0 Å². The van der Waals surface area contributed by atoms with E-state index in [1.54, 1.807) is 7.11 Å². The minimum Gasteiger partial charge on any atom is -0.385 e. The normalized spacial score (nSPS) is 15.4. The number of rotatable bonds is 8. The number of benzene rings is 1. The molecule has 1 saturated carbocycles. The average Bonchev–Trinajstić information content (AvgIpc) is 2.33. The smallest absolute Gasteiger partial charge is 0.0718 e. The zero-order valence-electron chi connectivity index (χ0n) is 11.2. The molecule has 1 aromatic rings. The summed E-state index contributed by atoms with van der Waals surface area (Å²) in [5.41, 5.74) is 2.42. The number of hydrogen-bond acceptors (Lipinski definition) is 3. The quantitative estimate of drug-likeness (QED) is 0.718. The molecular formula is C15H23NO2. The van der Waals surface area contributed by atoms with Crippen molar-refractivity contribution in [2.75, 3.05) is 32.2 Å². The lowest BCUT2D eigenvalue weighted by atomic mass is 9.85. The molecule has 0 aliphatic heterocycles. The molecular weight excluding hydrogens is 226 g/mol. The van der Waals surface area contributed by atoms with E-state index in [0.717, 1.165) is 12.5 Å². The molecule has 2 rings (SSSR count). The molecule has 0 spiro atoms. The summed E-state index contributed by atoms with van der Waals surface area (Å²) in [5.74, 6) is 0.881. The third kappa shape index (κ3) is 4.31. The Morgan fingerprint density at radius 1 is 1.28 bits per heavy atom. The number of hydrogen-bond donors (Lipinski definition) is 1. The minimum atomic E-state index is 0.649. The number of nitrogens with one attached hydrogen (secondary N) is 1. The third-order valence-electron chi connectivity index (χ3n) is 3.45. The summed E-state index contributed by atoms with van der Waals surface area (Å²) in [6, 6.07) is 8.47. The van der Waals surface area contributed by atoms with Crippen molar-refractivity contribution >= 4 is 5.69 Å². The van der Waals surface area contributed by atoms with E-state index in [-0.39, 0.29) is 0 Å². The molecule has 1 N–H and O–H groups in total. The second-order valence-corrected chi connectivity index (χ2v) is 4.92. The van der Waals surface area contributed by atoms with E-state index in [9.17, 15) is 0 Å². The van der Waals surface area contributed by atoms with Crippen LogP contribution in [-0.2, 0) is 16.1 Å². The van der Waals surface area contributed by atoms with Crippen LogP contribution in [0.5, 0.6) is 0 Å². The molecule has 0 radical (unpaired) electrons. The van der Waals surface area contributed by atoms with Gasteiger partial charge in [0.15, 0.2) is 0 Å². The molecule has 0 saturated heterocycles. The van der Waals surface area contributed by atoms with Gasteiger partial charge in [-0.1, -0.05) is 18.6 Å². The molecule has 0 heterocycles. The van der Waals surface area contributed by atoms with Gasteiger partial charge in [0.25, 0.3) is 0 Å². The maximum absolute atomic E-state index is 5.52. The van der Waals surface area contributed by atoms with Gasteiger partial charge in [0, 0.05) is 19.3 Å². The predicted octanol–water partition coefficient (Wildman–Crippen LogP) is 3.06. The van der Waals surface area contributed by atoms with Crippen molar-refractivity contribution in [1.29, 1.82) is 0 Å². The minimum absolute atomic E-state index is 0.649. The van der Waals surface area contributed by atoms with Crippen LogP contribution in [0.4, 0.5) is 5.69 Å².